The van der Waals surface area contributed by atoms with Gasteiger partial charge < -0.3 is 72.6 Å². The average Bonchev–Trinajstić information content (AvgIpc) is 1.57. The number of rotatable bonds is 30. The van der Waals surface area contributed by atoms with Crippen LogP contribution in [0.3, 0.4) is 0 Å². The van der Waals surface area contributed by atoms with Crippen molar-refractivity contribution in [3.05, 3.63) is 142 Å². The van der Waals surface area contributed by atoms with Crippen LogP contribution in [0.25, 0.3) is 22.0 Å². The van der Waals surface area contributed by atoms with Crippen LogP contribution in [-0.2, 0) is 72.0 Å². The van der Waals surface area contributed by atoms with E-state index in [2.05, 4.69) is 34.9 Å². The number of hydrazine groups is 1. The van der Waals surface area contributed by atoms with E-state index in [-0.39, 0.29) is 69.5 Å². The molecule has 3 aliphatic heterocycles. The number of para-hydroxylation sites is 1. The molecule has 1 unspecified atom stereocenters. The molecule has 616 valence electrons. The minimum Gasteiger partial charge on any atom is -0.495 e. The number of allylic oxidation sites excluding steroid dienone is 3. The summed E-state index contributed by atoms with van der Waals surface area (Å²) in [6.45, 7) is 22.0. The number of fused-ring (bicyclic) bond motifs is 9. The Kier molecular flexibility index (Phi) is 28.6. The number of hydrogen-bond acceptors (Lipinski definition) is 18. The van der Waals surface area contributed by atoms with Crippen molar-refractivity contribution in [2.75, 3.05) is 86.6 Å². The molecule has 29 heteroatoms. The van der Waals surface area contributed by atoms with Crippen LogP contribution in [0.2, 0.25) is 41.3 Å². The lowest BCUT2D eigenvalue weighted by Gasteiger charge is -2.42. The molecule has 4 aliphatic rings. The number of nitrogens with zero attached hydrogens (tertiary/aromatic N) is 7. The molecule has 4 heterocycles. The molecule has 5 aromatic rings. The molecule has 7 amide bonds. The summed E-state index contributed by atoms with van der Waals surface area (Å²) in [5.41, 5.74) is 4.74. The minimum atomic E-state index is -2.74. The van der Waals surface area contributed by atoms with Gasteiger partial charge in [0.2, 0.25) is 29.5 Å². The molecule has 4 aromatic carbocycles. The van der Waals surface area contributed by atoms with E-state index in [4.69, 9.17) is 40.0 Å². The minimum absolute atomic E-state index is 0.0321. The van der Waals surface area contributed by atoms with Gasteiger partial charge in [-0.25, -0.2) is 24.4 Å². The van der Waals surface area contributed by atoms with Gasteiger partial charge in [0.05, 0.1) is 45.0 Å². The third-order valence-corrected chi connectivity index (χ3v) is 31.8. The zero-order valence-electron chi connectivity index (χ0n) is 69.0. The van der Waals surface area contributed by atoms with E-state index >= 15 is 4.79 Å². The number of likely N-dealkylation sites (N-methyl/N-ethyl adjacent to an activating group) is 1. The van der Waals surface area contributed by atoms with Crippen LogP contribution < -0.4 is 20.3 Å². The highest BCUT2D eigenvalue weighted by atomic mass is 35.5. The lowest BCUT2D eigenvalue weighted by molar-refractivity contribution is -0.162. The van der Waals surface area contributed by atoms with Gasteiger partial charge in [0.15, 0.2) is 22.4 Å². The lowest BCUT2D eigenvalue weighted by Crippen LogP contribution is -2.63. The second kappa shape index (κ2) is 36.6. The zero-order chi connectivity index (χ0) is 83.0. The molecule has 2 saturated heterocycles. The normalized spacial score (nSPS) is 21.8. The van der Waals surface area contributed by atoms with Gasteiger partial charge in [-0.1, -0.05) is 137 Å². The molecule has 113 heavy (non-hydrogen) atoms. The summed E-state index contributed by atoms with van der Waals surface area (Å²) < 4.78 is 38.0. The maximum absolute atomic E-state index is 15.1. The van der Waals surface area contributed by atoms with Crippen molar-refractivity contribution in [3.63, 3.8) is 0 Å². The summed E-state index contributed by atoms with van der Waals surface area (Å²) in [6, 6.07) is 28.3. The number of aromatic nitrogens is 1. The molecule has 5 N–H and O–H groups in total. The van der Waals surface area contributed by atoms with Crippen molar-refractivity contribution >= 4 is 92.5 Å². The fourth-order valence-corrected chi connectivity index (χ4v) is 16.9. The Morgan fingerprint density at radius 1 is 0.823 bits per heavy atom. The third-order valence-electron chi connectivity index (χ3n) is 24.3. The first kappa shape index (κ1) is 88.5. The fourth-order valence-electron chi connectivity index (χ4n) is 15.0. The SMILES string of the molecule is COc1cc2cc(c1Cl)N(C)C(=O)C[C@H](OC(=O)[C@H](C)N(C)C(=O)CCN(CCCC(C)(C)[Si](C)(C)O)C(=O)CN(CCCC(C)(C)[Si](C)(C)O)C(=O)CNC(=O)CCn1c(CN(C)N(C)C(=O)OCC3c4ccccc4-c4ccccc43)cc3ccccc31)[C@]1(C)OC1[C@H](C)[C@@H]1C[C@](O)(NC(=O)O1)[C@H](OC)/C=C/C=C(\C)C2. The van der Waals surface area contributed by atoms with E-state index in [1.54, 1.807) is 57.2 Å². The second-order valence-corrected chi connectivity index (χ2v) is 42.8. The molecule has 1 aromatic heterocycles. The first-order chi connectivity index (χ1) is 53.0. The molecule has 8 atom stereocenters. The number of anilines is 1. The summed E-state index contributed by atoms with van der Waals surface area (Å²) in [5.74, 6) is -3.89. The fraction of sp³-hybridized carbons (Fsp3) is 0.548. The monoisotopic (exact) mass is 1620 g/mol. The number of methoxy groups -OCH3 is 2. The number of carbonyl (C=O) groups excluding carboxylic acids is 8. The van der Waals surface area contributed by atoms with E-state index in [9.17, 15) is 48.3 Å². The average molecular weight is 1620 g/mol. The molecule has 2 fully saturated rings. The van der Waals surface area contributed by atoms with Crippen LogP contribution in [0.15, 0.2) is 115 Å². The molecule has 0 spiro atoms. The van der Waals surface area contributed by atoms with E-state index in [0.717, 1.165) is 50.0 Å². The number of benzene rings is 4. The van der Waals surface area contributed by atoms with Crippen molar-refractivity contribution in [2.24, 2.45) is 5.92 Å². The Morgan fingerprint density at radius 3 is 2.05 bits per heavy atom. The van der Waals surface area contributed by atoms with E-state index in [1.807, 2.05) is 126 Å². The van der Waals surface area contributed by atoms with Gasteiger partial charge in [-0.2, -0.15) is 0 Å². The van der Waals surface area contributed by atoms with Crippen LogP contribution in [0.4, 0.5) is 15.3 Å². The maximum Gasteiger partial charge on any atom is 0.424 e. The van der Waals surface area contributed by atoms with Gasteiger partial charge in [0, 0.05) is 104 Å². The molecular weight excluding hydrogens is 1500 g/mol. The number of carbonyl (C=O) groups is 8. The van der Waals surface area contributed by atoms with Gasteiger partial charge in [-0.3, -0.25) is 29.3 Å². The number of halogens is 1. The van der Waals surface area contributed by atoms with Gasteiger partial charge in [0.25, 0.3) is 0 Å². The molecule has 4 bridgehead atoms. The molecule has 1 aliphatic carbocycles. The largest absolute Gasteiger partial charge is 0.495 e. The molecule has 9 rings (SSSR count). The number of aryl methyl sites for hydroxylation is 1. The number of epoxide rings is 1. The maximum atomic E-state index is 15.1. The summed E-state index contributed by atoms with van der Waals surface area (Å²) >= 11 is 6.94. The standard InChI is InChI=1S/C84H118ClN9O17Si2/c1-54-28-25-35-69(107-14)84(103)49-68(109-79(101)87-84)55(2)77-83(8,111-77)70(48-73(97)90(11)66-45-57(44-54)46-67(106-13)76(66)85)110-78(100)56(3)89(10)72(96)37-42-92(40-26-38-81(4,5)112(15,16)104)75(99)52-93(41-27-39-82(6,7)113(17,18)105)74(98)50-86-71(95)36-43-94-59(47-58-29-19-24-34-65(58)94)51-88(9)91(12)80(102)108-53-64-62-32-22-20-30-60(62)61-31-21-23-33-63(61)64/h19-25,28-35,45-47,55-56,64,68-70,77,103-105H,26-27,36-44,48-53H2,1-18H3,(H,86,95)(H,87,101)/b35-25+,54-28+/t55-,56+,68+,69-,70+,77?,83+,84-/m1/s1. The smallest absolute Gasteiger partial charge is 0.424 e. The van der Waals surface area contributed by atoms with Crippen molar-refractivity contribution < 1.29 is 81.5 Å². The van der Waals surface area contributed by atoms with Crippen molar-refractivity contribution in [1.29, 1.82) is 0 Å². The van der Waals surface area contributed by atoms with Gasteiger partial charge in [-0.15, -0.1) is 0 Å². The summed E-state index contributed by atoms with van der Waals surface area (Å²) in [5, 5.41) is 20.7. The number of alkyl carbamates (subject to hydrolysis) is 1. The zero-order valence-corrected chi connectivity index (χ0v) is 71.8. The number of aliphatic hydroxyl groups is 1. The van der Waals surface area contributed by atoms with Gasteiger partial charge in [-0.05, 0) is 147 Å². The predicted octanol–water partition coefficient (Wildman–Crippen LogP) is 11.5. The summed E-state index contributed by atoms with van der Waals surface area (Å²) in [6.07, 6.45) is 0.975. The second-order valence-electron chi connectivity index (χ2n) is 33.5. The molecule has 26 nitrogen and oxygen atoms in total. The summed E-state index contributed by atoms with van der Waals surface area (Å²) in [7, 11) is 3.81. The Hall–Kier alpha value is -8.46. The Balaban J connectivity index is 0.884. The van der Waals surface area contributed by atoms with E-state index < -0.39 is 142 Å². The highest BCUT2D eigenvalue weighted by Gasteiger charge is 2.65. The molecule has 0 radical (unpaired) electrons. The van der Waals surface area contributed by atoms with Crippen LogP contribution >= 0.6 is 11.6 Å². The topological polar surface area (TPSA) is 304 Å². The van der Waals surface area contributed by atoms with E-state index in [0.29, 0.717) is 43.5 Å². The number of amides is 7. The van der Waals surface area contributed by atoms with Crippen LogP contribution in [-0.4, -0.2) is 232 Å². The number of ether oxygens (including phenoxy) is 6. The van der Waals surface area contributed by atoms with Crippen molar-refractivity contribution in [1.82, 2.24) is 39.9 Å². The number of esters is 1. The molecular formula is C84H118ClN9O17Si2. The Labute approximate surface area is 672 Å². The van der Waals surface area contributed by atoms with Crippen molar-refractivity contribution in [2.45, 2.75) is 210 Å². The highest BCUT2D eigenvalue weighted by Crippen LogP contribution is 2.50. The first-order valence-corrected chi connectivity index (χ1v) is 45.3. The number of nitrogens with one attached hydrogen (secondary N) is 2. The quantitative estimate of drug-likeness (QED) is 0.00938. The van der Waals surface area contributed by atoms with Crippen LogP contribution in [0, 0.1) is 5.92 Å². The first-order valence-electron chi connectivity index (χ1n) is 39.0. The van der Waals surface area contributed by atoms with E-state index in [1.165, 1.54) is 59.8 Å². The molecule has 0 saturated carbocycles. The number of hydrogen-bond donors (Lipinski definition) is 5. The Bertz CT molecular complexity index is 4320. The van der Waals surface area contributed by atoms with Gasteiger partial charge >= 0.3 is 18.2 Å². The lowest BCUT2D eigenvalue weighted by atomic mass is 9.83. The summed E-state index contributed by atoms with van der Waals surface area (Å²) in [4.78, 5) is 143. The van der Waals surface area contributed by atoms with Gasteiger partial charge in [0.1, 0.15) is 47.3 Å². The third kappa shape index (κ3) is 21.0. The van der Waals surface area contributed by atoms with Crippen molar-refractivity contribution in [3.8, 4) is 16.9 Å². The predicted molar refractivity (Wildman–Crippen MR) is 439 cm³/mol. The Morgan fingerprint density at radius 2 is 1.43 bits per heavy atom. The highest BCUT2D eigenvalue weighted by molar-refractivity contribution is 6.73. The van der Waals surface area contributed by atoms with Crippen LogP contribution in [0.5, 0.6) is 5.75 Å². The van der Waals surface area contributed by atoms with Crippen LogP contribution in [0.1, 0.15) is 135 Å².